The Morgan fingerprint density at radius 1 is 1.50 bits per heavy atom. The Hall–Kier alpha value is -1.38. The van der Waals surface area contributed by atoms with Gasteiger partial charge in [0.2, 0.25) is 0 Å². The lowest BCUT2D eigenvalue weighted by atomic mass is 10.2. The largest absolute Gasteiger partial charge is 0.339 e. The normalized spacial score (nSPS) is 9.93. The van der Waals surface area contributed by atoms with Gasteiger partial charge in [0, 0.05) is 37.5 Å². The van der Waals surface area contributed by atoms with Crippen LogP contribution in [0.15, 0.2) is 18.3 Å². The lowest BCUT2D eigenvalue weighted by Crippen LogP contribution is -2.30. The molecule has 3 heteroatoms. The maximum Gasteiger partial charge on any atom is 0.253 e. The summed E-state index contributed by atoms with van der Waals surface area (Å²) in [7, 11) is 0. The van der Waals surface area contributed by atoms with Crippen LogP contribution in [0.4, 0.5) is 0 Å². The zero-order valence-corrected chi connectivity index (χ0v) is 8.53. The number of hydrogen-bond donors (Lipinski definition) is 0. The van der Waals surface area contributed by atoms with Crippen molar-refractivity contribution in [1.82, 2.24) is 9.88 Å². The van der Waals surface area contributed by atoms with E-state index in [-0.39, 0.29) is 5.91 Å². The van der Waals surface area contributed by atoms with Crippen molar-refractivity contribution in [2.45, 2.75) is 13.8 Å². The third-order valence-corrected chi connectivity index (χ3v) is 2.08. The maximum atomic E-state index is 11.8. The molecule has 1 aromatic rings. The van der Waals surface area contributed by atoms with E-state index >= 15 is 0 Å². The summed E-state index contributed by atoms with van der Waals surface area (Å²) in [6.45, 7) is 10.8. The van der Waals surface area contributed by atoms with Gasteiger partial charge in [-0.25, -0.2) is 0 Å². The first-order chi connectivity index (χ1) is 6.69. The van der Waals surface area contributed by atoms with Crippen molar-refractivity contribution in [2.75, 3.05) is 13.1 Å². The fraction of sp³-hybridized carbons (Fsp3) is 0.364. The number of rotatable bonds is 3. The summed E-state index contributed by atoms with van der Waals surface area (Å²) in [5, 5.41) is 0. The number of aromatic nitrogens is 1. The third kappa shape index (κ3) is 2.31. The molecule has 0 bridgehead atoms. The van der Waals surface area contributed by atoms with E-state index in [0.717, 1.165) is 0 Å². The molecule has 14 heavy (non-hydrogen) atoms. The Bertz CT molecular complexity index is 319. The predicted octanol–water partition coefficient (Wildman–Crippen LogP) is 1.62. The van der Waals surface area contributed by atoms with E-state index in [1.165, 1.54) is 0 Å². The molecule has 0 N–H and O–H groups in total. The minimum absolute atomic E-state index is 0.00380. The van der Waals surface area contributed by atoms with Crippen molar-refractivity contribution in [2.24, 2.45) is 0 Å². The molecule has 74 valence electrons. The summed E-state index contributed by atoms with van der Waals surface area (Å²) in [4.78, 5) is 17.4. The second-order valence-corrected chi connectivity index (χ2v) is 2.95. The van der Waals surface area contributed by atoms with Gasteiger partial charge in [-0.2, -0.15) is 0 Å². The van der Waals surface area contributed by atoms with Crippen molar-refractivity contribution >= 4 is 5.91 Å². The van der Waals surface area contributed by atoms with Crippen LogP contribution in [-0.4, -0.2) is 28.9 Å². The fourth-order valence-corrected chi connectivity index (χ4v) is 1.27. The molecule has 0 saturated heterocycles. The standard InChI is InChI=1S/C11H14N2O/c1-4-13(5-2)11(14)10-6-7-12-9(3)8-10/h3,6-8H,4-5H2,1-2H3. The van der Waals surface area contributed by atoms with Gasteiger partial charge in [0.1, 0.15) is 0 Å². The summed E-state index contributed by atoms with van der Waals surface area (Å²) >= 11 is 0. The minimum atomic E-state index is 0.00380. The van der Waals surface area contributed by atoms with Gasteiger partial charge < -0.3 is 4.90 Å². The summed E-state index contributed by atoms with van der Waals surface area (Å²) in [5.41, 5.74) is 0.976. The van der Waals surface area contributed by atoms with Crippen molar-refractivity contribution < 1.29 is 4.79 Å². The molecule has 1 aromatic heterocycles. The molecule has 0 aliphatic heterocycles. The first kappa shape index (κ1) is 10.7. The van der Waals surface area contributed by atoms with Crippen LogP contribution in [0.5, 0.6) is 0 Å². The maximum absolute atomic E-state index is 11.8. The molecule has 0 atom stereocenters. The average molecular weight is 190 g/mol. The molecule has 2 radical (unpaired) electrons. The van der Waals surface area contributed by atoms with Crippen LogP contribution in [-0.2, 0) is 0 Å². The molecule has 0 fully saturated rings. The van der Waals surface area contributed by atoms with E-state index in [0.29, 0.717) is 24.3 Å². The molecule has 1 rings (SSSR count). The van der Waals surface area contributed by atoms with Crippen molar-refractivity contribution in [3.8, 4) is 0 Å². The zero-order valence-electron chi connectivity index (χ0n) is 8.53. The quantitative estimate of drug-likeness (QED) is 0.725. The van der Waals surface area contributed by atoms with Gasteiger partial charge in [-0.3, -0.25) is 9.78 Å². The minimum Gasteiger partial charge on any atom is -0.339 e. The Morgan fingerprint density at radius 2 is 2.14 bits per heavy atom. The van der Waals surface area contributed by atoms with Crippen molar-refractivity contribution in [3.05, 3.63) is 36.5 Å². The molecule has 0 aliphatic rings. The molecule has 3 nitrogen and oxygen atoms in total. The summed E-state index contributed by atoms with van der Waals surface area (Å²) in [6, 6.07) is 3.28. The second-order valence-electron chi connectivity index (χ2n) is 2.95. The molecule has 0 aromatic carbocycles. The Kier molecular flexibility index (Phi) is 3.63. The van der Waals surface area contributed by atoms with Gasteiger partial charge in [-0.05, 0) is 26.0 Å². The average Bonchev–Trinajstić information content (AvgIpc) is 2.19. The summed E-state index contributed by atoms with van der Waals surface area (Å²) in [6.07, 6.45) is 1.55. The Labute approximate surface area is 84.8 Å². The lowest BCUT2D eigenvalue weighted by Gasteiger charge is -2.18. The number of pyridine rings is 1. The third-order valence-electron chi connectivity index (χ3n) is 2.08. The second kappa shape index (κ2) is 4.74. The molecular formula is C11H14N2O. The number of carbonyl (C=O) groups excluding carboxylic acids is 1. The highest BCUT2D eigenvalue weighted by molar-refractivity contribution is 5.94. The number of carbonyl (C=O) groups is 1. The van der Waals surface area contributed by atoms with Crippen molar-refractivity contribution in [3.63, 3.8) is 0 Å². The van der Waals surface area contributed by atoms with Crippen LogP contribution in [0.25, 0.3) is 0 Å². The molecule has 0 unspecified atom stereocenters. The van der Waals surface area contributed by atoms with E-state index in [2.05, 4.69) is 4.98 Å². The van der Waals surface area contributed by atoms with Gasteiger partial charge in [-0.15, -0.1) is 0 Å². The highest BCUT2D eigenvalue weighted by Gasteiger charge is 2.11. The summed E-state index contributed by atoms with van der Waals surface area (Å²) in [5.74, 6) is 0.00380. The molecule has 0 aliphatic carbocycles. The summed E-state index contributed by atoms with van der Waals surface area (Å²) < 4.78 is 0. The number of nitrogens with zero attached hydrogens (tertiary/aromatic N) is 2. The van der Waals surface area contributed by atoms with E-state index in [4.69, 9.17) is 6.92 Å². The smallest absolute Gasteiger partial charge is 0.253 e. The number of amides is 1. The molecule has 1 amide bonds. The van der Waals surface area contributed by atoms with Gasteiger partial charge in [-0.1, -0.05) is 0 Å². The topological polar surface area (TPSA) is 33.2 Å². The van der Waals surface area contributed by atoms with Gasteiger partial charge >= 0.3 is 0 Å². The van der Waals surface area contributed by atoms with Crippen molar-refractivity contribution in [1.29, 1.82) is 0 Å². The predicted molar refractivity (Wildman–Crippen MR) is 54.9 cm³/mol. The van der Waals surface area contributed by atoms with Crippen LogP contribution in [0, 0.1) is 6.92 Å². The van der Waals surface area contributed by atoms with Crippen LogP contribution in [0.3, 0.4) is 0 Å². The van der Waals surface area contributed by atoms with E-state index in [9.17, 15) is 4.79 Å². The van der Waals surface area contributed by atoms with E-state index in [1.54, 1.807) is 23.2 Å². The lowest BCUT2D eigenvalue weighted by molar-refractivity contribution is 0.0773. The fourth-order valence-electron chi connectivity index (χ4n) is 1.27. The van der Waals surface area contributed by atoms with Crippen LogP contribution >= 0.6 is 0 Å². The Morgan fingerprint density at radius 3 is 2.64 bits per heavy atom. The first-order valence-electron chi connectivity index (χ1n) is 4.69. The highest BCUT2D eigenvalue weighted by Crippen LogP contribution is 2.05. The monoisotopic (exact) mass is 190 g/mol. The van der Waals surface area contributed by atoms with Crippen LogP contribution in [0.2, 0.25) is 0 Å². The number of hydrogen-bond acceptors (Lipinski definition) is 2. The molecule has 1 heterocycles. The molecule has 0 saturated carbocycles. The zero-order chi connectivity index (χ0) is 10.6. The highest BCUT2D eigenvalue weighted by atomic mass is 16.2. The van der Waals surface area contributed by atoms with E-state index < -0.39 is 0 Å². The van der Waals surface area contributed by atoms with Crippen LogP contribution in [0.1, 0.15) is 29.9 Å². The van der Waals surface area contributed by atoms with Gasteiger partial charge in [0.25, 0.3) is 5.91 Å². The Balaban J connectivity index is 2.88. The van der Waals surface area contributed by atoms with Gasteiger partial charge in [0.05, 0.1) is 0 Å². The van der Waals surface area contributed by atoms with E-state index in [1.807, 2.05) is 13.8 Å². The van der Waals surface area contributed by atoms with Gasteiger partial charge in [0.15, 0.2) is 0 Å². The molecular weight excluding hydrogens is 176 g/mol. The SMILES string of the molecule is [CH]c1cc(C(=O)N(CC)CC)ccn1. The first-order valence-corrected chi connectivity index (χ1v) is 4.69. The van der Waals surface area contributed by atoms with Crippen LogP contribution < -0.4 is 0 Å². The molecule has 0 spiro atoms.